The van der Waals surface area contributed by atoms with Crippen LogP contribution >= 0.6 is 0 Å². The molecule has 154 valence electrons. The number of pyridine rings is 1. The zero-order valence-corrected chi connectivity index (χ0v) is 17.2. The topological polar surface area (TPSA) is 74.8 Å². The molecule has 1 aliphatic rings. The SMILES string of the molecule is CCOC(=O)N1CCN(C(=O)c2cc(Nc3ccc(C(C)C)cc3)ccn2)CC1. The molecule has 0 atom stereocenters. The molecule has 0 aliphatic carbocycles. The minimum atomic E-state index is -0.326. The highest BCUT2D eigenvalue weighted by atomic mass is 16.6. The highest BCUT2D eigenvalue weighted by Crippen LogP contribution is 2.21. The van der Waals surface area contributed by atoms with Gasteiger partial charge < -0.3 is 19.9 Å². The van der Waals surface area contributed by atoms with Crippen LogP contribution in [0.5, 0.6) is 0 Å². The van der Waals surface area contributed by atoms with Crippen LogP contribution in [0.15, 0.2) is 42.6 Å². The number of carbonyl (C=O) groups is 2. The molecule has 1 aliphatic heterocycles. The summed E-state index contributed by atoms with van der Waals surface area (Å²) in [6, 6.07) is 11.9. The van der Waals surface area contributed by atoms with E-state index >= 15 is 0 Å². The lowest BCUT2D eigenvalue weighted by molar-refractivity contribution is 0.0566. The lowest BCUT2D eigenvalue weighted by Gasteiger charge is -2.33. The number of piperazine rings is 1. The summed E-state index contributed by atoms with van der Waals surface area (Å²) in [5.74, 6) is 0.353. The maximum Gasteiger partial charge on any atom is 0.409 e. The molecular weight excluding hydrogens is 368 g/mol. The fourth-order valence-electron chi connectivity index (χ4n) is 3.21. The second-order valence-electron chi connectivity index (χ2n) is 7.31. The molecule has 7 nitrogen and oxygen atoms in total. The lowest BCUT2D eigenvalue weighted by atomic mass is 10.0. The summed E-state index contributed by atoms with van der Waals surface area (Å²) in [4.78, 5) is 32.2. The van der Waals surface area contributed by atoms with Gasteiger partial charge in [-0.2, -0.15) is 0 Å². The molecule has 29 heavy (non-hydrogen) atoms. The van der Waals surface area contributed by atoms with Crippen molar-refractivity contribution in [2.75, 3.05) is 38.1 Å². The van der Waals surface area contributed by atoms with E-state index in [9.17, 15) is 9.59 Å². The first kappa shape index (κ1) is 20.6. The van der Waals surface area contributed by atoms with Crippen molar-refractivity contribution < 1.29 is 14.3 Å². The fraction of sp³-hybridized carbons (Fsp3) is 0.409. The Morgan fingerprint density at radius 2 is 1.69 bits per heavy atom. The third-order valence-corrected chi connectivity index (χ3v) is 4.94. The quantitative estimate of drug-likeness (QED) is 0.831. The summed E-state index contributed by atoms with van der Waals surface area (Å²) in [7, 11) is 0. The highest BCUT2D eigenvalue weighted by Gasteiger charge is 2.26. The van der Waals surface area contributed by atoms with E-state index in [4.69, 9.17) is 4.74 Å². The summed E-state index contributed by atoms with van der Waals surface area (Å²) < 4.78 is 5.02. The summed E-state index contributed by atoms with van der Waals surface area (Å²) in [5.41, 5.74) is 3.44. The van der Waals surface area contributed by atoms with Gasteiger partial charge in [0.15, 0.2) is 0 Å². The van der Waals surface area contributed by atoms with Crippen LogP contribution in [-0.4, -0.2) is 59.6 Å². The molecule has 1 aromatic heterocycles. The van der Waals surface area contributed by atoms with Crippen molar-refractivity contribution in [2.45, 2.75) is 26.7 Å². The zero-order chi connectivity index (χ0) is 20.8. The number of ether oxygens (including phenoxy) is 1. The smallest absolute Gasteiger partial charge is 0.409 e. The Hall–Kier alpha value is -3.09. The molecule has 1 aromatic carbocycles. The summed E-state index contributed by atoms with van der Waals surface area (Å²) in [6.45, 7) is 8.31. The van der Waals surface area contributed by atoms with Crippen LogP contribution in [0.3, 0.4) is 0 Å². The van der Waals surface area contributed by atoms with Crippen LogP contribution in [0.4, 0.5) is 16.2 Å². The van der Waals surface area contributed by atoms with Crippen LogP contribution < -0.4 is 5.32 Å². The molecule has 0 spiro atoms. The number of rotatable bonds is 5. The average Bonchev–Trinajstić information content (AvgIpc) is 2.74. The van der Waals surface area contributed by atoms with Crippen LogP contribution in [-0.2, 0) is 4.74 Å². The summed E-state index contributed by atoms with van der Waals surface area (Å²) >= 11 is 0. The minimum absolute atomic E-state index is 0.132. The first-order chi connectivity index (χ1) is 14.0. The summed E-state index contributed by atoms with van der Waals surface area (Å²) in [6.07, 6.45) is 1.31. The van der Waals surface area contributed by atoms with Crippen molar-refractivity contribution in [3.63, 3.8) is 0 Å². The number of carbonyl (C=O) groups excluding carboxylic acids is 2. The molecular formula is C22H28N4O3. The van der Waals surface area contributed by atoms with Gasteiger partial charge in [-0.25, -0.2) is 4.79 Å². The maximum absolute atomic E-state index is 12.8. The van der Waals surface area contributed by atoms with E-state index in [0.29, 0.717) is 44.4 Å². The maximum atomic E-state index is 12.8. The Bertz CT molecular complexity index is 843. The molecule has 7 heteroatoms. The first-order valence-electron chi connectivity index (χ1n) is 10.0. The third-order valence-electron chi connectivity index (χ3n) is 4.94. The normalized spacial score (nSPS) is 14.1. The van der Waals surface area contributed by atoms with Gasteiger partial charge in [0.2, 0.25) is 0 Å². The predicted octanol–water partition coefficient (Wildman–Crippen LogP) is 3.86. The minimum Gasteiger partial charge on any atom is -0.450 e. The van der Waals surface area contributed by atoms with Crippen molar-refractivity contribution in [3.8, 4) is 0 Å². The van der Waals surface area contributed by atoms with Gasteiger partial charge in [-0.05, 0) is 42.7 Å². The van der Waals surface area contributed by atoms with Gasteiger partial charge in [0.05, 0.1) is 6.61 Å². The Morgan fingerprint density at radius 3 is 2.31 bits per heavy atom. The Balaban J connectivity index is 1.62. The molecule has 3 rings (SSSR count). The largest absolute Gasteiger partial charge is 0.450 e. The number of nitrogens with zero attached hydrogens (tertiary/aromatic N) is 3. The van der Waals surface area contributed by atoms with E-state index in [1.165, 1.54) is 5.56 Å². The lowest BCUT2D eigenvalue weighted by Crippen LogP contribution is -2.50. The Labute approximate surface area is 171 Å². The fourth-order valence-corrected chi connectivity index (χ4v) is 3.21. The van der Waals surface area contributed by atoms with Crippen LogP contribution in [0, 0.1) is 0 Å². The molecule has 1 saturated heterocycles. The van der Waals surface area contributed by atoms with Crippen molar-refractivity contribution >= 4 is 23.4 Å². The monoisotopic (exact) mass is 396 g/mol. The van der Waals surface area contributed by atoms with Crippen molar-refractivity contribution in [3.05, 3.63) is 53.9 Å². The number of benzene rings is 1. The molecule has 2 amide bonds. The molecule has 0 unspecified atom stereocenters. The van der Waals surface area contributed by atoms with Crippen LogP contribution in [0.2, 0.25) is 0 Å². The van der Waals surface area contributed by atoms with E-state index in [-0.39, 0.29) is 12.0 Å². The number of amides is 2. The standard InChI is InChI=1S/C22H28N4O3/c1-4-29-22(28)26-13-11-25(12-14-26)21(27)20-15-19(9-10-23-20)24-18-7-5-17(6-8-18)16(2)3/h5-10,15-16H,4,11-14H2,1-3H3,(H,23,24). The van der Waals surface area contributed by atoms with Crippen molar-refractivity contribution in [1.29, 1.82) is 0 Å². The van der Waals surface area contributed by atoms with Gasteiger partial charge in [-0.15, -0.1) is 0 Å². The number of hydrogen-bond donors (Lipinski definition) is 1. The molecule has 0 saturated carbocycles. The highest BCUT2D eigenvalue weighted by molar-refractivity contribution is 5.93. The van der Waals surface area contributed by atoms with Gasteiger partial charge in [-0.3, -0.25) is 9.78 Å². The van der Waals surface area contributed by atoms with E-state index < -0.39 is 0 Å². The summed E-state index contributed by atoms with van der Waals surface area (Å²) in [5, 5.41) is 3.32. The van der Waals surface area contributed by atoms with E-state index in [1.54, 1.807) is 29.0 Å². The molecule has 2 aromatic rings. The number of aromatic nitrogens is 1. The van der Waals surface area contributed by atoms with Crippen LogP contribution in [0.1, 0.15) is 42.7 Å². The Morgan fingerprint density at radius 1 is 1.03 bits per heavy atom. The van der Waals surface area contributed by atoms with Gasteiger partial charge in [0.25, 0.3) is 5.91 Å². The van der Waals surface area contributed by atoms with E-state index in [2.05, 4.69) is 36.3 Å². The van der Waals surface area contributed by atoms with Gasteiger partial charge in [0, 0.05) is 43.8 Å². The predicted molar refractivity (Wildman–Crippen MR) is 113 cm³/mol. The van der Waals surface area contributed by atoms with Crippen LogP contribution in [0.25, 0.3) is 0 Å². The number of hydrogen-bond acceptors (Lipinski definition) is 5. The molecule has 1 fully saturated rings. The van der Waals surface area contributed by atoms with E-state index in [0.717, 1.165) is 11.4 Å². The van der Waals surface area contributed by atoms with Gasteiger partial charge in [-0.1, -0.05) is 26.0 Å². The van der Waals surface area contributed by atoms with Gasteiger partial charge in [0.1, 0.15) is 5.69 Å². The third kappa shape index (κ3) is 5.25. The zero-order valence-electron chi connectivity index (χ0n) is 17.2. The average molecular weight is 396 g/mol. The number of nitrogens with one attached hydrogen (secondary N) is 1. The van der Waals surface area contributed by atoms with Crippen molar-refractivity contribution in [2.24, 2.45) is 0 Å². The first-order valence-corrected chi connectivity index (χ1v) is 10.0. The second-order valence-corrected chi connectivity index (χ2v) is 7.31. The molecule has 1 N–H and O–H groups in total. The van der Waals surface area contributed by atoms with E-state index in [1.807, 2.05) is 18.2 Å². The second kappa shape index (κ2) is 9.41. The Kier molecular flexibility index (Phi) is 6.69. The van der Waals surface area contributed by atoms with Gasteiger partial charge >= 0.3 is 6.09 Å². The van der Waals surface area contributed by atoms with Crippen molar-refractivity contribution in [1.82, 2.24) is 14.8 Å². The number of anilines is 2. The molecule has 0 bridgehead atoms. The molecule has 2 heterocycles. The molecule has 0 radical (unpaired) electrons.